The SMILES string of the molecule is COc1cc(CN2CCN(C(=O)CC(CN)OC)CC2)cc(OC)c1OC.Cl.Cl. The molecule has 0 saturated carbocycles. The molecule has 1 aromatic rings. The van der Waals surface area contributed by atoms with Gasteiger partial charge in [-0.05, 0) is 17.7 Å². The first-order chi connectivity index (χ1) is 13.1. The number of ether oxygens (including phenoxy) is 4. The summed E-state index contributed by atoms with van der Waals surface area (Å²) in [4.78, 5) is 16.5. The Morgan fingerprint density at radius 1 is 1.00 bits per heavy atom. The van der Waals surface area contributed by atoms with E-state index >= 15 is 0 Å². The van der Waals surface area contributed by atoms with E-state index in [9.17, 15) is 4.79 Å². The summed E-state index contributed by atoms with van der Waals surface area (Å²) in [5.41, 5.74) is 6.68. The number of hydrogen-bond donors (Lipinski definition) is 1. The van der Waals surface area contributed by atoms with Crippen LogP contribution in [0.25, 0.3) is 0 Å². The van der Waals surface area contributed by atoms with E-state index in [4.69, 9.17) is 24.7 Å². The van der Waals surface area contributed by atoms with E-state index in [0.717, 1.165) is 25.2 Å². The number of nitrogens with two attached hydrogens (primary N) is 1. The molecule has 0 spiro atoms. The number of rotatable bonds is 9. The molecule has 0 bridgehead atoms. The predicted molar refractivity (Wildman–Crippen MR) is 117 cm³/mol. The van der Waals surface area contributed by atoms with Crippen LogP contribution < -0.4 is 19.9 Å². The Bertz CT molecular complexity index is 599. The summed E-state index contributed by atoms with van der Waals surface area (Å²) < 4.78 is 21.4. The third-order valence-electron chi connectivity index (χ3n) is 4.85. The first-order valence-electron chi connectivity index (χ1n) is 9.08. The van der Waals surface area contributed by atoms with Crippen LogP contribution in [0.3, 0.4) is 0 Å². The van der Waals surface area contributed by atoms with Crippen molar-refractivity contribution in [2.45, 2.75) is 19.1 Å². The Labute approximate surface area is 185 Å². The zero-order valence-electron chi connectivity index (χ0n) is 17.5. The lowest BCUT2D eigenvalue weighted by Gasteiger charge is -2.35. The van der Waals surface area contributed by atoms with Gasteiger partial charge in [-0.3, -0.25) is 9.69 Å². The van der Waals surface area contributed by atoms with Gasteiger partial charge in [-0.15, -0.1) is 24.8 Å². The van der Waals surface area contributed by atoms with Gasteiger partial charge in [0.05, 0.1) is 33.9 Å². The van der Waals surface area contributed by atoms with Crippen molar-refractivity contribution >= 4 is 30.7 Å². The second kappa shape index (κ2) is 13.7. The molecule has 1 aliphatic heterocycles. The number of piperazine rings is 1. The van der Waals surface area contributed by atoms with Gasteiger partial charge in [0.1, 0.15) is 0 Å². The number of carbonyl (C=O) groups is 1. The average Bonchev–Trinajstić information content (AvgIpc) is 2.71. The topological polar surface area (TPSA) is 86.5 Å². The maximum absolute atomic E-state index is 12.4. The fourth-order valence-corrected chi connectivity index (χ4v) is 3.23. The van der Waals surface area contributed by atoms with Crippen LogP contribution in [0, 0.1) is 0 Å². The highest BCUT2D eigenvalue weighted by atomic mass is 35.5. The first-order valence-corrected chi connectivity index (χ1v) is 9.08. The quantitative estimate of drug-likeness (QED) is 0.606. The maximum atomic E-state index is 12.4. The fraction of sp³-hybridized carbons (Fsp3) is 0.632. The van der Waals surface area contributed by atoms with Crippen LogP contribution in [0.2, 0.25) is 0 Å². The van der Waals surface area contributed by atoms with Crippen molar-refractivity contribution in [2.24, 2.45) is 5.73 Å². The standard InChI is InChI=1S/C19H31N3O5.2ClH/c1-24-15(12-20)11-18(23)22-7-5-21(6-8-22)13-14-9-16(25-2)19(27-4)17(10-14)26-3;;/h9-10,15H,5-8,11-13,20H2,1-4H3;2*1H. The van der Waals surface area contributed by atoms with Crippen molar-refractivity contribution < 1.29 is 23.7 Å². The van der Waals surface area contributed by atoms with Gasteiger partial charge in [0.25, 0.3) is 0 Å². The molecule has 2 rings (SSSR count). The summed E-state index contributed by atoms with van der Waals surface area (Å²) in [5.74, 6) is 1.98. The van der Waals surface area contributed by atoms with Gasteiger partial charge in [-0.2, -0.15) is 0 Å². The van der Waals surface area contributed by atoms with E-state index in [-0.39, 0.29) is 36.8 Å². The molecular weight excluding hydrogens is 421 g/mol. The molecule has 0 aromatic heterocycles. The Hall–Kier alpha value is -1.45. The number of halogens is 2. The first kappa shape index (κ1) is 27.5. The van der Waals surface area contributed by atoms with Crippen LogP contribution in [0.5, 0.6) is 17.2 Å². The normalized spacial score (nSPS) is 15.0. The molecule has 29 heavy (non-hydrogen) atoms. The molecule has 1 heterocycles. The van der Waals surface area contributed by atoms with Gasteiger partial charge in [0, 0.05) is 46.4 Å². The maximum Gasteiger partial charge on any atom is 0.225 e. The lowest BCUT2D eigenvalue weighted by Crippen LogP contribution is -2.49. The number of nitrogens with zero attached hydrogens (tertiary/aromatic N) is 2. The van der Waals surface area contributed by atoms with Crippen LogP contribution in [0.15, 0.2) is 12.1 Å². The van der Waals surface area contributed by atoms with Gasteiger partial charge < -0.3 is 29.6 Å². The van der Waals surface area contributed by atoms with E-state index in [2.05, 4.69) is 4.90 Å². The summed E-state index contributed by atoms with van der Waals surface area (Å²) in [6.07, 6.45) is 0.120. The number of benzene rings is 1. The van der Waals surface area contributed by atoms with Crippen LogP contribution >= 0.6 is 24.8 Å². The van der Waals surface area contributed by atoms with E-state index in [0.29, 0.717) is 43.3 Å². The Morgan fingerprint density at radius 2 is 1.55 bits per heavy atom. The zero-order valence-corrected chi connectivity index (χ0v) is 19.1. The molecule has 168 valence electrons. The smallest absolute Gasteiger partial charge is 0.225 e. The van der Waals surface area contributed by atoms with Crippen LogP contribution in [0.4, 0.5) is 0 Å². The van der Waals surface area contributed by atoms with Crippen molar-refractivity contribution in [3.05, 3.63) is 17.7 Å². The molecule has 2 N–H and O–H groups in total. The minimum Gasteiger partial charge on any atom is -0.493 e. The second-order valence-corrected chi connectivity index (χ2v) is 6.49. The molecule has 1 aromatic carbocycles. The number of carbonyl (C=O) groups excluding carboxylic acids is 1. The molecule has 1 atom stereocenters. The number of amides is 1. The molecule has 1 fully saturated rings. The van der Waals surface area contributed by atoms with Crippen LogP contribution in [-0.2, 0) is 16.1 Å². The van der Waals surface area contributed by atoms with Crippen LogP contribution in [-0.4, -0.2) is 83.0 Å². The van der Waals surface area contributed by atoms with Gasteiger partial charge in [0.2, 0.25) is 11.7 Å². The van der Waals surface area contributed by atoms with E-state index in [1.807, 2.05) is 17.0 Å². The van der Waals surface area contributed by atoms with Crippen LogP contribution in [0.1, 0.15) is 12.0 Å². The molecule has 1 unspecified atom stereocenters. The van der Waals surface area contributed by atoms with Crippen molar-refractivity contribution in [1.82, 2.24) is 9.80 Å². The summed E-state index contributed by atoms with van der Waals surface area (Å²) in [6.45, 7) is 4.12. The average molecular weight is 454 g/mol. The zero-order chi connectivity index (χ0) is 19.8. The second-order valence-electron chi connectivity index (χ2n) is 6.49. The van der Waals surface area contributed by atoms with Crippen molar-refractivity contribution in [1.29, 1.82) is 0 Å². The fourth-order valence-electron chi connectivity index (χ4n) is 3.23. The largest absolute Gasteiger partial charge is 0.493 e. The van der Waals surface area contributed by atoms with Crippen molar-refractivity contribution in [2.75, 3.05) is 61.2 Å². The minimum absolute atomic E-state index is 0. The Balaban J connectivity index is 0.00000392. The van der Waals surface area contributed by atoms with Gasteiger partial charge in [0.15, 0.2) is 11.5 Å². The van der Waals surface area contributed by atoms with Gasteiger partial charge >= 0.3 is 0 Å². The minimum atomic E-state index is -0.213. The van der Waals surface area contributed by atoms with Crippen molar-refractivity contribution in [3.63, 3.8) is 0 Å². The lowest BCUT2D eigenvalue weighted by atomic mass is 10.1. The Morgan fingerprint density at radius 3 is 1.97 bits per heavy atom. The highest BCUT2D eigenvalue weighted by Gasteiger charge is 2.24. The summed E-state index contributed by atoms with van der Waals surface area (Å²) in [7, 11) is 6.40. The summed E-state index contributed by atoms with van der Waals surface area (Å²) >= 11 is 0. The molecule has 1 aliphatic rings. The van der Waals surface area contributed by atoms with E-state index in [1.165, 1.54) is 0 Å². The van der Waals surface area contributed by atoms with E-state index in [1.54, 1.807) is 28.4 Å². The summed E-state index contributed by atoms with van der Waals surface area (Å²) in [6, 6.07) is 3.92. The summed E-state index contributed by atoms with van der Waals surface area (Å²) in [5, 5.41) is 0. The molecule has 0 aliphatic carbocycles. The Kier molecular flexibility index (Phi) is 13.0. The molecule has 1 amide bonds. The molecule has 0 radical (unpaired) electrons. The highest BCUT2D eigenvalue weighted by Crippen LogP contribution is 2.38. The third kappa shape index (κ3) is 7.38. The lowest BCUT2D eigenvalue weighted by molar-refractivity contribution is -0.135. The number of methoxy groups -OCH3 is 4. The predicted octanol–water partition coefficient (Wildman–Crippen LogP) is 1.56. The monoisotopic (exact) mass is 453 g/mol. The van der Waals surface area contributed by atoms with Crippen molar-refractivity contribution in [3.8, 4) is 17.2 Å². The molecule has 8 nitrogen and oxygen atoms in total. The third-order valence-corrected chi connectivity index (χ3v) is 4.85. The molecular formula is C19H33Cl2N3O5. The molecule has 1 saturated heterocycles. The van der Waals surface area contributed by atoms with E-state index < -0.39 is 0 Å². The number of hydrogen-bond acceptors (Lipinski definition) is 7. The van der Waals surface area contributed by atoms with Gasteiger partial charge in [-0.1, -0.05) is 0 Å². The molecule has 10 heteroatoms. The highest BCUT2D eigenvalue weighted by molar-refractivity contribution is 5.85. The van der Waals surface area contributed by atoms with Gasteiger partial charge in [-0.25, -0.2) is 0 Å².